The summed E-state index contributed by atoms with van der Waals surface area (Å²) in [5.41, 5.74) is 1.14. The number of amides is 3. The first-order valence-electron chi connectivity index (χ1n) is 13.6. The van der Waals surface area contributed by atoms with Crippen LogP contribution in [0.15, 0.2) is 59.5 Å². The number of aromatic nitrogens is 2. The number of nitrogens with one attached hydrogen (secondary N) is 4. The molecule has 2 heterocycles. The van der Waals surface area contributed by atoms with Gasteiger partial charge in [-0.15, -0.1) is 0 Å². The summed E-state index contributed by atoms with van der Waals surface area (Å²) in [4.78, 5) is 58.1. The molecule has 1 fully saturated rings. The van der Waals surface area contributed by atoms with Gasteiger partial charge in [0, 0.05) is 36.8 Å². The molecule has 1 aromatic heterocycles. The summed E-state index contributed by atoms with van der Waals surface area (Å²) in [6, 6.07) is 12.4. The third kappa shape index (κ3) is 7.64. The maximum atomic E-state index is 13.2. The molecule has 228 valence electrons. The Hall–Kier alpha value is -4.56. The topological polar surface area (TPSA) is 191 Å². The number of benzene rings is 2. The molecule has 5 N–H and O–H groups in total. The summed E-state index contributed by atoms with van der Waals surface area (Å²) in [7, 11) is -3.58. The molecule has 1 saturated heterocycles. The second-order valence-corrected chi connectivity index (χ2v) is 12.4. The van der Waals surface area contributed by atoms with Crippen molar-refractivity contribution in [3.05, 3.63) is 93.0 Å². The number of aryl methyl sites for hydroxylation is 2. The molecule has 3 aromatic rings. The Morgan fingerprint density at radius 2 is 1.67 bits per heavy atom. The number of carboxylic acid groups (broad SMARTS) is 1. The fraction of sp³-hybridized carbons (Fsp3) is 0.345. The maximum absolute atomic E-state index is 13.2. The van der Waals surface area contributed by atoms with E-state index < -0.39 is 45.2 Å². The molecular formula is C29H34N6O7S. The zero-order chi connectivity index (χ0) is 31.4. The number of nitrogens with zero attached hydrogens (tertiary/aromatic N) is 2. The van der Waals surface area contributed by atoms with E-state index in [-0.39, 0.29) is 43.7 Å². The van der Waals surface area contributed by atoms with Crippen LogP contribution in [0, 0.1) is 13.8 Å². The lowest BCUT2D eigenvalue weighted by Gasteiger charge is -2.42. The number of anilines is 1. The highest BCUT2D eigenvalue weighted by Gasteiger charge is 2.40. The molecule has 1 aliphatic heterocycles. The van der Waals surface area contributed by atoms with E-state index in [1.165, 1.54) is 11.1 Å². The first-order chi connectivity index (χ1) is 20.3. The Balaban J connectivity index is 1.49. The molecule has 0 spiro atoms. The van der Waals surface area contributed by atoms with E-state index in [2.05, 4.69) is 25.3 Å². The van der Waals surface area contributed by atoms with Gasteiger partial charge in [-0.2, -0.15) is 4.98 Å². The van der Waals surface area contributed by atoms with Crippen molar-refractivity contribution in [3.63, 3.8) is 0 Å². The van der Waals surface area contributed by atoms with Gasteiger partial charge in [0.15, 0.2) is 0 Å². The van der Waals surface area contributed by atoms with E-state index in [4.69, 9.17) is 0 Å². The van der Waals surface area contributed by atoms with Gasteiger partial charge in [0.05, 0.1) is 11.8 Å². The van der Waals surface area contributed by atoms with E-state index in [1.807, 2.05) is 36.4 Å². The van der Waals surface area contributed by atoms with Crippen molar-refractivity contribution in [1.29, 1.82) is 0 Å². The summed E-state index contributed by atoms with van der Waals surface area (Å²) >= 11 is 0. The first kappa shape index (κ1) is 31.4. The molecule has 2 aromatic carbocycles. The van der Waals surface area contributed by atoms with Crippen LogP contribution in [0.4, 0.5) is 10.6 Å². The van der Waals surface area contributed by atoms with Gasteiger partial charge in [0.25, 0.3) is 5.91 Å². The number of H-pyrrole nitrogens is 1. The molecule has 0 saturated carbocycles. The minimum Gasteiger partial charge on any atom is -0.480 e. The van der Waals surface area contributed by atoms with Crippen LogP contribution in [-0.2, 0) is 26.8 Å². The fourth-order valence-corrected chi connectivity index (χ4v) is 6.37. The summed E-state index contributed by atoms with van der Waals surface area (Å²) in [5.74, 6) is -1.96. The highest BCUT2D eigenvalue weighted by Crippen LogP contribution is 2.33. The number of hydrogen-bond donors (Lipinski definition) is 5. The lowest BCUT2D eigenvalue weighted by Crippen LogP contribution is -2.57. The van der Waals surface area contributed by atoms with Gasteiger partial charge in [0.1, 0.15) is 11.9 Å². The SMILES string of the molecule is Cc1cccc(C)c1C(=O)Nc1nc(=O)[nH]cc1CC(NC(=O)N1CCC(NS(C)(=O)=O)(c2ccccc2)CC1)C(=O)O. The molecule has 0 aliphatic carbocycles. The molecule has 1 unspecified atom stereocenters. The number of urea groups is 1. The van der Waals surface area contributed by atoms with Crippen LogP contribution >= 0.6 is 0 Å². The molecule has 13 nitrogen and oxygen atoms in total. The number of likely N-dealkylation sites (tertiary alicyclic amines) is 1. The Labute approximate surface area is 248 Å². The van der Waals surface area contributed by atoms with Crippen LogP contribution in [-0.4, -0.2) is 71.7 Å². The normalized spacial score (nSPS) is 15.4. The molecule has 1 aliphatic rings. The maximum Gasteiger partial charge on any atom is 0.346 e. The van der Waals surface area contributed by atoms with Gasteiger partial charge < -0.3 is 25.6 Å². The highest BCUT2D eigenvalue weighted by molar-refractivity contribution is 7.88. The van der Waals surface area contributed by atoms with Crippen LogP contribution < -0.4 is 21.0 Å². The monoisotopic (exact) mass is 610 g/mol. The fourth-order valence-electron chi connectivity index (χ4n) is 5.34. The Bertz CT molecular complexity index is 1660. The van der Waals surface area contributed by atoms with Crippen LogP contribution in [0.1, 0.15) is 45.5 Å². The predicted molar refractivity (Wildman–Crippen MR) is 159 cm³/mol. The van der Waals surface area contributed by atoms with Crippen LogP contribution in [0.5, 0.6) is 0 Å². The zero-order valence-electron chi connectivity index (χ0n) is 24.0. The lowest BCUT2D eigenvalue weighted by atomic mass is 9.82. The number of sulfonamides is 1. The molecule has 3 amide bonds. The van der Waals surface area contributed by atoms with Gasteiger partial charge in [-0.05, 0) is 43.4 Å². The van der Waals surface area contributed by atoms with Crippen LogP contribution in [0.2, 0.25) is 0 Å². The second kappa shape index (κ2) is 12.8. The number of carboxylic acids is 1. The number of hydrogen-bond acceptors (Lipinski definition) is 7. The van der Waals surface area contributed by atoms with Crippen molar-refractivity contribution in [2.24, 2.45) is 0 Å². The van der Waals surface area contributed by atoms with E-state index in [0.29, 0.717) is 16.7 Å². The van der Waals surface area contributed by atoms with Crippen molar-refractivity contribution < 1.29 is 27.9 Å². The third-order valence-electron chi connectivity index (χ3n) is 7.46. The number of carbonyl (C=O) groups excluding carboxylic acids is 2. The summed E-state index contributed by atoms with van der Waals surface area (Å²) in [6.07, 6.45) is 2.59. The van der Waals surface area contributed by atoms with E-state index in [9.17, 15) is 32.7 Å². The largest absolute Gasteiger partial charge is 0.480 e. The smallest absolute Gasteiger partial charge is 0.346 e. The molecule has 43 heavy (non-hydrogen) atoms. The second-order valence-electron chi connectivity index (χ2n) is 10.7. The average molecular weight is 611 g/mol. The summed E-state index contributed by atoms with van der Waals surface area (Å²) in [6.45, 7) is 3.86. The Morgan fingerprint density at radius 1 is 1.05 bits per heavy atom. The number of aromatic amines is 1. The quantitative estimate of drug-likeness (QED) is 0.243. The van der Waals surface area contributed by atoms with Gasteiger partial charge in [0.2, 0.25) is 10.0 Å². The van der Waals surface area contributed by atoms with E-state index >= 15 is 0 Å². The molecule has 1 atom stereocenters. The lowest BCUT2D eigenvalue weighted by molar-refractivity contribution is -0.139. The minimum atomic E-state index is -3.58. The molecule has 14 heteroatoms. The first-order valence-corrected chi connectivity index (χ1v) is 15.5. The number of piperidine rings is 1. The van der Waals surface area contributed by atoms with Gasteiger partial charge in [-0.1, -0.05) is 48.5 Å². The van der Waals surface area contributed by atoms with Crippen LogP contribution in [0.3, 0.4) is 0 Å². The van der Waals surface area contributed by atoms with Gasteiger partial charge in [-0.3, -0.25) is 4.79 Å². The summed E-state index contributed by atoms with van der Waals surface area (Å²) in [5, 5.41) is 15.1. The number of carbonyl (C=O) groups is 3. The average Bonchev–Trinajstić information content (AvgIpc) is 2.93. The van der Waals surface area contributed by atoms with Crippen molar-refractivity contribution in [2.75, 3.05) is 24.7 Å². The minimum absolute atomic E-state index is 0.116. The zero-order valence-corrected chi connectivity index (χ0v) is 24.8. The molecule has 0 radical (unpaired) electrons. The van der Waals surface area contributed by atoms with Crippen LogP contribution in [0.25, 0.3) is 0 Å². The Kier molecular flexibility index (Phi) is 9.30. The third-order valence-corrected chi connectivity index (χ3v) is 8.22. The standard InChI is InChI=1S/C29H34N6O7S/c1-18-8-7-9-19(2)23(18)25(36)32-24-20(17-30-27(39)33-24)16-22(26(37)38)31-28(40)35-14-12-29(13-15-35,34-43(3,41)42)21-10-5-4-6-11-21/h4-11,17,22,34H,12-16H2,1-3H3,(H,31,40)(H,37,38)(H2,30,32,33,36,39). The Morgan fingerprint density at radius 3 is 2.26 bits per heavy atom. The summed E-state index contributed by atoms with van der Waals surface area (Å²) < 4.78 is 27.1. The predicted octanol–water partition coefficient (Wildman–Crippen LogP) is 1.88. The number of rotatable bonds is 9. The highest BCUT2D eigenvalue weighted by atomic mass is 32.2. The van der Waals surface area contributed by atoms with Crippen molar-refractivity contribution in [3.8, 4) is 0 Å². The molecular weight excluding hydrogens is 576 g/mol. The van der Waals surface area contributed by atoms with Gasteiger partial charge in [-0.25, -0.2) is 27.5 Å². The van der Waals surface area contributed by atoms with Gasteiger partial charge >= 0.3 is 17.7 Å². The van der Waals surface area contributed by atoms with Crippen molar-refractivity contribution in [1.82, 2.24) is 24.9 Å². The molecule has 0 bridgehead atoms. The molecule has 4 rings (SSSR count). The van der Waals surface area contributed by atoms with E-state index in [1.54, 1.807) is 26.0 Å². The van der Waals surface area contributed by atoms with Crippen molar-refractivity contribution in [2.45, 2.75) is 44.7 Å². The number of aliphatic carboxylic acids is 1. The van der Waals surface area contributed by atoms with E-state index in [0.717, 1.165) is 11.8 Å². The van der Waals surface area contributed by atoms with Crippen molar-refractivity contribution >= 4 is 33.7 Å².